The summed E-state index contributed by atoms with van der Waals surface area (Å²) in [5.74, 6) is 1.37. The summed E-state index contributed by atoms with van der Waals surface area (Å²) in [5, 5.41) is 18.1. The fourth-order valence-electron chi connectivity index (χ4n) is 1.38. The third-order valence-corrected chi connectivity index (χ3v) is 2.97. The lowest BCUT2D eigenvalue weighted by molar-refractivity contribution is -0.105. The van der Waals surface area contributed by atoms with Crippen molar-refractivity contribution in [3.05, 3.63) is 18.2 Å². The van der Waals surface area contributed by atoms with Crippen LogP contribution in [0.3, 0.4) is 0 Å². The molecule has 0 radical (unpaired) electrons. The summed E-state index contributed by atoms with van der Waals surface area (Å²) in [4.78, 5) is 13.2. The number of thioether (sulfide) groups is 1. The predicted octanol–water partition coefficient (Wildman–Crippen LogP) is 1.48. The van der Waals surface area contributed by atoms with E-state index < -0.39 is 0 Å². The Morgan fingerprint density at radius 1 is 1.50 bits per heavy atom. The Bertz CT molecular complexity index is 556. The molecule has 0 aliphatic carbocycles. The number of ether oxygens (including phenoxy) is 1. The van der Waals surface area contributed by atoms with Gasteiger partial charge in [0.1, 0.15) is 17.8 Å². The number of aromatic hydroxyl groups is 1. The molecule has 0 aliphatic rings. The van der Waals surface area contributed by atoms with E-state index in [1.54, 1.807) is 12.1 Å². The highest BCUT2D eigenvalue weighted by Gasteiger charge is 2.10. The van der Waals surface area contributed by atoms with Gasteiger partial charge in [-0.1, -0.05) is 11.8 Å². The fourth-order valence-corrected chi connectivity index (χ4v) is 1.88. The second-order valence-corrected chi connectivity index (χ2v) is 4.35. The topological polar surface area (TPSA) is 88.1 Å². The maximum Gasteiger partial charge on any atom is 0.189 e. The second kappa shape index (κ2) is 5.54. The zero-order chi connectivity index (χ0) is 13.0. The van der Waals surface area contributed by atoms with Gasteiger partial charge in [0.25, 0.3) is 0 Å². The largest absolute Gasteiger partial charge is 0.507 e. The van der Waals surface area contributed by atoms with E-state index in [9.17, 15) is 9.90 Å². The zero-order valence-corrected chi connectivity index (χ0v) is 10.4. The average Bonchev–Trinajstić information content (AvgIpc) is 2.84. The van der Waals surface area contributed by atoms with Gasteiger partial charge in [0.2, 0.25) is 0 Å². The van der Waals surface area contributed by atoms with Crippen LogP contribution in [0.2, 0.25) is 0 Å². The number of aromatic amines is 1. The molecule has 2 aromatic rings. The molecular formula is C11H11N3O3S. The Hall–Kier alpha value is -2.02. The molecule has 1 heterocycles. The number of phenols is 1. The summed E-state index contributed by atoms with van der Waals surface area (Å²) in [6.45, 7) is 0. The van der Waals surface area contributed by atoms with Crippen LogP contribution in [-0.4, -0.2) is 39.4 Å². The lowest BCUT2D eigenvalue weighted by Crippen LogP contribution is -1.86. The molecule has 0 fully saturated rings. The molecular weight excluding hydrogens is 254 g/mol. The Labute approximate surface area is 107 Å². The molecule has 94 valence electrons. The highest BCUT2D eigenvalue weighted by atomic mass is 32.2. The minimum absolute atomic E-state index is 0.0532. The van der Waals surface area contributed by atoms with Crippen molar-refractivity contribution in [1.29, 1.82) is 0 Å². The van der Waals surface area contributed by atoms with E-state index >= 15 is 0 Å². The van der Waals surface area contributed by atoms with E-state index in [1.807, 2.05) is 0 Å². The molecule has 0 spiro atoms. The van der Waals surface area contributed by atoms with E-state index in [4.69, 9.17) is 4.74 Å². The van der Waals surface area contributed by atoms with Gasteiger partial charge < -0.3 is 19.6 Å². The SMILES string of the molecule is COc1ccc(-c2nnc(SCC=O)[nH]2)c(O)c1. The molecule has 0 unspecified atom stereocenters. The van der Waals surface area contributed by atoms with Crippen LogP contribution in [0.1, 0.15) is 0 Å². The number of phenolic OH excluding ortho intramolecular Hbond substituents is 1. The fraction of sp³-hybridized carbons (Fsp3) is 0.182. The number of nitrogens with one attached hydrogen (secondary N) is 1. The number of aromatic nitrogens is 3. The predicted molar refractivity (Wildman–Crippen MR) is 66.8 cm³/mol. The number of carbonyl (C=O) groups is 1. The van der Waals surface area contributed by atoms with E-state index in [2.05, 4.69) is 15.2 Å². The molecule has 18 heavy (non-hydrogen) atoms. The molecule has 0 amide bonds. The maximum atomic E-state index is 10.2. The van der Waals surface area contributed by atoms with E-state index in [1.165, 1.54) is 24.9 Å². The first-order valence-corrected chi connectivity index (χ1v) is 6.09. The minimum Gasteiger partial charge on any atom is -0.507 e. The number of aldehydes is 1. The third-order valence-electron chi connectivity index (χ3n) is 2.21. The van der Waals surface area contributed by atoms with Crippen molar-refractivity contribution < 1.29 is 14.6 Å². The molecule has 0 saturated carbocycles. The number of H-pyrrole nitrogens is 1. The number of hydrogen-bond acceptors (Lipinski definition) is 6. The van der Waals surface area contributed by atoms with Crippen molar-refractivity contribution in [2.45, 2.75) is 5.16 Å². The van der Waals surface area contributed by atoms with Crippen molar-refractivity contribution in [2.24, 2.45) is 0 Å². The van der Waals surface area contributed by atoms with Crippen molar-refractivity contribution >= 4 is 18.0 Å². The highest BCUT2D eigenvalue weighted by molar-refractivity contribution is 7.99. The van der Waals surface area contributed by atoms with Gasteiger partial charge in [-0.15, -0.1) is 10.2 Å². The Balaban J connectivity index is 2.25. The van der Waals surface area contributed by atoms with Crippen molar-refractivity contribution in [3.63, 3.8) is 0 Å². The van der Waals surface area contributed by atoms with Crippen LogP contribution in [0.5, 0.6) is 11.5 Å². The molecule has 0 aliphatic heterocycles. The summed E-state index contributed by atoms with van der Waals surface area (Å²) >= 11 is 1.25. The Morgan fingerprint density at radius 3 is 3.00 bits per heavy atom. The molecule has 0 atom stereocenters. The van der Waals surface area contributed by atoms with Gasteiger partial charge in [0.15, 0.2) is 11.0 Å². The van der Waals surface area contributed by atoms with Gasteiger partial charge >= 0.3 is 0 Å². The van der Waals surface area contributed by atoms with Crippen molar-refractivity contribution in [2.75, 3.05) is 12.9 Å². The number of rotatable bonds is 5. The van der Waals surface area contributed by atoms with Crippen LogP contribution < -0.4 is 4.74 Å². The van der Waals surface area contributed by atoms with Gasteiger partial charge in [0.05, 0.1) is 18.4 Å². The average molecular weight is 265 g/mol. The Morgan fingerprint density at radius 2 is 2.33 bits per heavy atom. The lowest BCUT2D eigenvalue weighted by Gasteiger charge is -2.03. The summed E-state index contributed by atoms with van der Waals surface area (Å²) in [6, 6.07) is 4.90. The summed E-state index contributed by atoms with van der Waals surface area (Å²) in [5.41, 5.74) is 0.529. The summed E-state index contributed by atoms with van der Waals surface area (Å²) < 4.78 is 4.99. The van der Waals surface area contributed by atoms with Gasteiger partial charge in [-0.3, -0.25) is 0 Å². The van der Waals surface area contributed by atoms with Crippen molar-refractivity contribution in [3.8, 4) is 22.9 Å². The second-order valence-electron chi connectivity index (χ2n) is 3.34. The van der Waals surface area contributed by atoms with Crippen LogP contribution in [0.15, 0.2) is 23.4 Å². The monoisotopic (exact) mass is 265 g/mol. The number of methoxy groups -OCH3 is 1. The number of carbonyl (C=O) groups excluding carboxylic acids is 1. The molecule has 0 saturated heterocycles. The molecule has 1 aromatic heterocycles. The first kappa shape index (κ1) is 12.4. The zero-order valence-electron chi connectivity index (χ0n) is 9.58. The molecule has 0 bridgehead atoms. The number of nitrogens with zero attached hydrogens (tertiary/aromatic N) is 2. The minimum atomic E-state index is 0.0532. The van der Waals surface area contributed by atoms with Crippen LogP contribution in [0, 0.1) is 0 Å². The van der Waals surface area contributed by atoms with Crippen molar-refractivity contribution in [1.82, 2.24) is 15.2 Å². The standard InChI is InChI=1S/C11H11N3O3S/c1-17-7-2-3-8(9(16)6-7)10-12-11(14-13-10)18-5-4-15/h2-4,6,16H,5H2,1H3,(H,12,13,14). The molecule has 6 nitrogen and oxygen atoms in total. The van der Waals surface area contributed by atoms with Gasteiger partial charge in [-0.2, -0.15) is 0 Å². The van der Waals surface area contributed by atoms with E-state index in [-0.39, 0.29) is 5.75 Å². The van der Waals surface area contributed by atoms with E-state index in [0.717, 1.165) is 6.29 Å². The molecule has 7 heteroatoms. The van der Waals surface area contributed by atoms with Crippen LogP contribution in [-0.2, 0) is 4.79 Å². The summed E-state index contributed by atoms with van der Waals surface area (Å²) in [7, 11) is 1.52. The maximum absolute atomic E-state index is 10.2. The van der Waals surface area contributed by atoms with Gasteiger partial charge in [-0.25, -0.2) is 0 Å². The number of hydrogen-bond donors (Lipinski definition) is 2. The lowest BCUT2D eigenvalue weighted by atomic mass is 10.2. The summed E-state index contributed by atoms with van der Waals surface area (Å²) in [6.07, 6.45) is 0.789. The third kappa shape index (κ3) is 2.62. The molecule has 2 N–H and O–H groups in total. The highest BCUT2D eigenvalue weighted by Crippen LogP contribution is 2.30. The molecule has 1 aromatic carbocycles. The normalized spacial score (nSPS) is 10.3. The van der Waals surface area contributed by atoms with Gasteiger partial charge in [-0.05, 0) is 12.1 Å². The molecule has 2 rings (SSSR count). The smallest absolute Gasteiger partial charge is 0.189 e. The van der Waals surface area contributed by atoms with Crippen LogP contribution >= 0.6 is 11.8 Å². The van der Waals surface area contributed by atoms with E-state index in [0.29, 0.717) is 28.0 Å². The quantitative estimate of drug-likeness (QED) is 0.629. The van der Waals surface area contributed by atoms with Gasteiger partial charge in [0, 0.05) is 6.07 Å². The first-order valence-electron chi connectivity index (χ1n) is 5.11. The van der Waals surface area contributed by atoms with Crippen LogP contribution in [0.4, 0.5) is 0 Å². The Kier molecular flexibility index (Phi) is 3.83. The van der Waals surface area contributed by atoms with Crippen LogP contribution in [0.25, 0.3) is 11.4 Å². The number of benzene rings is 1. The first-order chi connectivity index (χ1) is 8.74.